The molecule has 3 rings (SSSR count). The minimum atomic E-state index is -0.409. The monoisotopic (exact) mass is 344 g/mol. The second kappa shape index (κ2) is 7.25. The number of aryl methyl sites for hydroxylation is 1. The van der Waals surface area contributed by atoms with Crippen LogP contribution in [-0.2, 0) is 6.61 Å². The van der Waals surface area contributed by atoms with Crippen LogP contribution in [0.4, 0.5) is 4.39 Å². The topological polar surface area (TPSA) is 92.3 Å². The lowest BCUT2D eigenvalue weighted by atomic mass is 9.99. The quantitative estimate of drug-likeness (QED) is 0.883. The summed E-state index contributed by atoms with van der Waals surface area (Å²) in [5.41, 5.74) is 8.36. The number of halogens is 1. The van der Waals surface area contributed by atoms with Crippen molar-refractivity contribution in [3.63, 3.8) is 0 Å². The second-order valence-corrected chi connectivity index (χ2v) is 6.35. The molecule has 0 aliphatic carbocycles. The van der Waals surface area contributed by atoms with Crippen molar-refractivity contribution in [1.29, 1.82) is 0 Å². The van der Waals surface area contributed by atoms with Gasteiger partial charge in [0.05, 0.1) is 12.3 Å². The number of likely N-dealkylation sites (tertiary alicyclic amines) is 1. The third kappa shape index (κ3) is 3.67. The van der Waals surface area contributed by atoms with E-state index >= 15 is 0 Å². The standard InChI is InChI=1S/C18H21FN4O2/c1-11-8-13(19)9-12(10-24)17(11)15-2-3-16(22-21-15)18(25)23-6-4-14(20)5-7-23/h2-3,8-9,14,24H,4-7,10,20H2,1H3. The van der Waals surface area contributed by atoms with Crippen LogP contribution < -0.4 is 5.73 Å². The summed E-state index contributed by atoms with van der Waals surface area (Å²) in [5.74, 6) is -0.572. The second-order valence-electron chi connectivity index (χ2n) is 6.35. The summed E-state index contributed by atoms with van der Waals surface area (Å²) in [4.78, 5) is 14.2. The number of amides is 1. The van der Waals surface area contributed by atoms with Crippen LogP contribution in [0, 0.1) is 12.7 Å². The molecule has 2 heterocycles. The fraction of sp³-hybridized carbons (Fsp3) is 0.389. The van der Waals surface area contributed by atoms with Crippen LogP contribution in [0.15, 0.2) is 24.3 Å². The van der Waals surface area contributed by atoms with Gasteiger partial charge in [-0.15, -0.1) is 10.2 Å². The van der Waals surface area contributed by atoms with Gasteiger partial charge in [0.15, 0.2) is 5.69 Å². The predicted octanol–water partition coefficient (Wildman–Crippen LogP) is 1.65. The van der Waals surface area contributed by atoms with E-state index < -0.39 is 5.82 Å². The Labute approximate surface area is 145 Å². The van der Waals surface area contributed by atoms with Crippen molar-refractivity contribution in [1.82, 2.24) is 15.1 Å². The van der Waals surface area contributed by atoms with Crippen molar-refractivity contribution in [3.05, 3.63) is 46.9 Å². The van der Waals surface area contributed by atoms with Gasteiger partial charge in [0.25, 0.3) is 5.91 Å². The Morgan fingerprint density at radius 1 is 1.32 bits per heavy atom. The van der Waals surface area contributed by atoms with Crippen LogP contribution in [0.5, 0.6) is 0 Å². The molecule has 0 unspecified atom stereocenters. The lowest BCUT2D eigenvalue weighted by molar-refractivity contribution is 0.0707. The maximum Gasteiger partial charge on any atom is 0.274 e. The largest absolute Gasteiger partial charge is 0.392 e. The Balaban J connectivity index is 1.85. The molecule has 1 aromatic carbocycles. The van der Waals surface area contributed by atoms with Crippen molar-refractivity contribution in [3.8, 4) is 11.3 Å². The molecule has 132 valence electrons. The Morgan fingerprint density at radius 2 is 2.04 bits per heavy atom. The van der Waals surface area contributed by atoms with Crippen molar-refractivity contribution >= 4 is 5.91 Å². The number of aliphatic hydroxyl groups is 1. The van der Waals surface area contributed by atoms with Crippen LogP contribution in [0.1, 0.15) is 34.5 Å². The SMILES string of the molecule is Cc1cc(F)cc(CO)c1-c1ccc(C(=O)N2CCC(N)CC2)nn1. The van der Waals surface area contributed by atoms with E-state index in [4.69, 9.17) is 5.73 Å². The minimum absolute atomic E-state index is 0.149. The molecule has 7 heteroatoms. The molecule has 6 nitrogen and oxygen atoms in total. The number of carbonyl (C=O) groups excluding carboxylic acids is 1. The number of nitrogens with zero attached hydrogens (tertiary/aromatic N) is 3. The third-order valence-electron chi connectivity index (χ3n) is 4.52. The molecule has 1 amide bonds. The van der Waals surface area contributed by atoms with Crippen LogP contribution in [0.3, 0.4) is 0 Å². The van der Waals surface area contributed by atoms with E-state index in [-0.39, 0.29) is 24.2 Å². The first-order chi connectivity index (χ1) is 12.0. The Kier molecular flexibility index (Phi) is 5.06. The average Bonchev–Trinajstić information content (AvgIpc) is 2.61. The molecular formula is C18H21FN4O2. The van der Waals surface area contributed by atoms with Crippen LogP contribution in [-0.4, -0.2) is 45.2 Å². The first-order valence-electron chi connectivity index (χ1n) is 8.28. The summed E-state index contributed by atoms with van der Waals surface area (Å²) in [5, 5.41) is 17.6. The molecule has 0 spiro atoms. The summed E-state index contributed by atoms with van der Waals surface area (Å²) in [7, 11) is 0. The van der Waals surface area contributed by atoms with Crippen molar-refractivity contribution in [2.45, 2.75) is 32.4 Å². The fourth-order valence-corrected chi connectivity index (χ4v) is 3.15. The molecule has 1 saturated heterocycles. The van der Waals surface area contributed by atoms with Gasteiger partial charge in [0.2, 0.25) is 0 Å². The van der Waals surface area contributed by atoms with Gasteiger partial charge in [-0.05, 0) is 55.2 Å². The first-order valence-corrected chi connectivity index (χ1v) is 8.28. The zero-order valence-electron chi connectivity index (χ0n) is 14.1. The van der Waals surface area contributed by atoms with E-state index in [0.29, 0.717) is 35.5 Å². The van der Waals surface area contributed by atoms with E-state index in [2.05, 4.69) is 10.2 Å². The maximum absolute atomic E-state index is 13.5. The smallest absolute Gasteiger partial charge is 0.274 e. The van der Waals surface area contributed by atoms with Gasteiger partial charge in [-0.25, -0.2) is 4.39 Å². The van der Waals surface area contributed by atoms with E-state index in [1.807, 2.05) is 0 Å². The van der Waals surface area contributed by atoms with Crippen molar-refractivity contribution < 1.29 is 14.3 Å². The van der Waals surface area contributed by atoms with Gasteiger partial charge in [0, 0.05) is 24.7 Å². The van der Waals surface area contributed by atoms with Crippen LogP contribution in [0.2, 0.25) is 0 Å². The average molecular weight is 344 g/mol. The van der Waals surface area contributed by atoms with Gasteiger partial charge in [0.1, 0.15) is 5.82 Å². The number of piperidine rings is 1. The zero-order valence-corrected chi connectivity index (χ0v) is 14.1. The normalized spacial score (nSPS) is 15.4. The van der Waals surface area contributed by atoms with Gasteiger partial charge < -0.3 is 15.7 Å². The molecule has 2 aromatic rings. The lowest BCUT2D eigenvalue weighted by Crippen LogP contribution is -2.43. The highest BCUT2D eigenvalue weighted by atomic mass is 19.1. The molecule has 25 heavy (non-hydrogen) atoms. The molecule has 1 aromatic heterocycles. The van der Waals surface area contributed by atoms with E-state index in [1.54, 1.807) is 24.0 Å². The molecule has 1 aliphatic rings. The number of nitrogens with two attached hydrogens (primary N) is 1. The predicted molar refractivity (Wildman–Crippen MR) is 91.2 cm³/mol. The molecule has 0 radical (unpaired) electrons. The summed E-state index contributed by atoms with van der Waals surface area (Å²) >= 11 is 0. The molecule has 0 saturated carbocycles. The number of hydrogen-bond acceptors (Lipinski definition) is 5. The number of aromatic nitrogens is 2. The number of aliphatic hydroxyl groups excluding tert-OH is 1. The molecule has 3 N–H and O–H groups in total. The number of rotatable bonds is 3. The number of hydrogen-bond donors (Lipinski definition) is 2. The maximum atomic E-state index is 13.5. The molecule has 0 bridgehead atoms. The highest BCUT2D eigenvalue weighted by Crippen LogP contribution is 2.27. The van der Waals surface area contributed by atoms with Crippen LogP contribution in [0.25, 0.3) is 11.3 Å². The molecule has 1 aliphatic heterocycles. The minimum Gasteiger partial charge on any atom is -0.392 e. The highest BCUT2D eigenvalue weighted by molar-refractivity contribution is 5.92. The Hall–Kier alpha value is -2.38. The van der Waals surface area contributed by atoms with E-state index in [9.17, 15) is 14.3 Å². The third-order valence-corrected chi connectivity index (χ3v) is 4.52. The lowest BCUT2D eigenvalue weighted by Gasteiger charge is -2.29. The zero-order chi connectivity index (χ0) is 18.0. The summed E-state index contributed by atoms with van der Waals surface area (Å²) in [6.07, 6.45) is 1.57. The summed E-state index contributed by atoms with van der Waals surface area (Å²) in [6.45, 7) is 2.68. The fourth-order valence-electron chi connectivity index (χ4n) is 3.15. The number of benzene rings is 1. The van der Waals surface area contributed by atoms with Gasteiger partial charge in [-0.3, -0.25) is 4.79 Å². The Bertz CT molecular complexity index is 771. The summed E-state index contributed by atoms with van der Waals surface area (Å²) < 4.78 is 13.5. The molecule has 0 atom stereocenters. The molecular weight excluding hydrogens is 323 g/mol. The first kappa shape index (κ1) is 17.4. The van der Waals surface area contributed by atoms with Gasteiger partial charge in [-0.2, -0.15) is 0 Å². The van der Waals surface area contributed by atoms with Gasteiger partial charge in [-0.1, -0.05) is 0 Å². The van der Waals surface area contributed by atoms with Crippen LogP contribution >= 0.6 is 0 Å². The highest BCUT2D eigenvalue weighted by Gasteiger charge is 2.23. The van der Waals surface area contributed by atoms with Gasteiger partial charge >= 0.3 is 0 Å². The number of carbonyl (C=O) groups is 1. The Morgan fingerprint density at radius 3 is 2.64 bits per heavy atom. The van der Waals surface area contributed by atoms with Crippen molar-refractivity contribution in [2.75, 3.05) is 13.1 Å². The van der Waals surface area contributed by atoms with E-state index in [0.717, 1.165) is 12.8 Å². The van der Waals surface area contributed by atoms with Crippen molar-refractivity contribution in [2.24, 2.45) is 5.73 Å². The van der Waals surface area contributed by atoms with E-state index in [1.165, 1.54) is 12.1 Å². The summed E-state index contributed by atoms with van der Waals surface area (Å²) in [6, 6.07) is 6.10. The molecule has 1 fully saturated rings.